The number of carbonyl (C=O) groups is 1. The number of carbonyl (C=O) groups excluding carboxylic acids is 1. The SMILES string of the molecule is CCc1ccc(O)c(NC(=O)C2CCCCCN2)c1. The van der Waals surface area contributed by atoms with Gasteiger partial charge in [0, 0.05) is 0 Å². The van der Waals surface area contributed by atoms with Crippen LogP contribution in [0.25, 0.3) is 0 Å². The van der Waals surface area contributed by atoms with E-state index in [1.807, 2.05) is 19.1 Å². The lowest BCUT2D eigenvalue weighted by atomic mass is 10.1. The minimum absolute atomic E-state index is 0.0505. The van der Waals surface area contributed by atoms with Crippen molar-refractivity contribution < 1.29 is 9.90 Å². The van der Waals surface area contributed by atoms with Gasteiger partial charge in [-0.05, 0) is 43.5 Å². The molecule has 3 N–H and O–H groups in total. The van der Waals surface area contributed by atoms with Crippen molar-refractivity contribution in [1.82, 2.24) is 5.32 Å². The zero-order valence-corrected chi connectivity index (χ0v) is 11.4. The molecule has 0 spiro atoms. The molecule has 19 heavy (non-hydrogen) atoms. The van der Waals surface area contributed by atoms with E-state index in [2.05, 4.69) is 10.6 Å². The van der Waals surface area contributed by atoms with Gasteiger partial charge >= 0.3 is 0 Å². The minimum Gasteiger partial charge on any atom is -0.506 e. The van der Waals surface area contributed by atoms with Crippen LogP contribution in [0.15, 0.2) is 18.2 Å². The van der Waals surface area contributed by atoms with Gasteiger partial charge in [0.1, 0.15) is 5.75 Å². The van der Waals surface area contributed by atoms with E-state index < -0.39 is 0 Å². The molecule has 1 amide bonds. The van der Waals surface area contributed by atoms with Crippen LogP contribution in [0.3, 0.4) is 0 Å². The predicted octanol–water partition coefficient (Wildman–Crippen LogP) is 2.43. The molecule has 0 saturated carbocycles. The zero-order valence-electron chi connectivity index (χ0n) is 11.4. The first-order chi connectivity index (χ1) is 9.20. The summed E-state index contributed by atoms with van der Waals surface area (Å²) in [5.41, 5.74) is 1.61. The van der Waals surface area contributed by atoms with Crippen molar-refractivity contribution in [2.45, 2.75) is 45.1 Å². The summed E-state index contributed by atoms with van der Waals surface area (Å²) in [7, 11) is 0. The molecule has 2 rings (SSSR count). The van der Waals surface area contributed by atoms with Crippen LogP contribution in [0.5, 0.6) is 5.75 Å². The molecule has 1 aromatic carbocycles. The Bertz CT molecular complexity index is 438. The molecule has 1 aromatic rings. The van der Waals surface area contributed by atoms with Crippen LogP contribution < -0.4 is 10.6 Å². The lowest BCUT2D eigenvalue weighted by Gasteiger charge is -2.16. The van der Waals surface area contributed by atoms with E-state index in [0.717, 1.165) is 37.8 Å². The molecular weight excluding hydrogens is 240 g/mol. The van der Waals surface area contributed by atoms with Gasteiger partial charge in [0.05, 0.1) is 11.7 Å². The minimum atomic E-state index is -0.146. The smallest absolute Gasteiger partial charge is 0.241 e. The summed E-state index contributed by atoms with van der Waals surface area (Å²) in [6.45, 7) is 2.93. The topological polar surface area (TPSA) is 61.4 Å². The average Bonchev–Trinajstić information content (AvgIpc) is 2.70. The van der Waals surface area contributed by atoms with Gasteiger partial charge in [0.2, 0.25) is 5.91 Å². The van der Waals surface area contributed by atoms with Crippen molar-refractivity contribution in [2.24, 2.45) is 0 Å². The maximum atomic E-state index is 12.2. The van der Waals surface area contributed by atoms with Gasteiger partial charge < -0.3 is 15.7 Å². The fraction of sp³-hybridized carbons (Fsp3) is 0.533. The first kappa shape index (κ1) is 13.9. The third-order valence-corrected chi connectivity index (χ3v) is 3.60. The Morgan fingerprint density at radius 3 is 3.05 bits per heavy atom. The molecule has 1 atom stereocenters. The Morgan fingerprint density at radius 1 is 1.42 bits per heavy atom. The fourth-order valence-corrected chi connectivity index (χ4v) is 2.38. The number of benzene rings is 1. The second kappa shape index (κ2) is 6.57. The molecule has 104 valence electrons. The number of aryl methyl sites for hydroxylation is 1. The third kappa shape index (κ3) is 3.70. The summed E-state index contributed by atoms with van der Waals surface area (Å²) in [5.74, 6) is 0.0737. The Kier molecular flexibility index (Phi) is 4.80. The number of amides is 1. The highest BCUT2D eigenvalue weighted by Gasteiger charge is 2.20. The summed E-state index contributed by atoms with van der Waals surface area (Å²) in [6, 6.07) is 5.19. The van der Waals surface area contributed by atoms with Crippen molar-refractivity contribution in [3.8, 4) is 5.75 Å². The summed E-state index contributed by atoms with van der Waals surface area (Å²) < 4.78 is 0. The van der Waals surface area contributed by atoms with E-state index in [1.54, 1.807) is 6.07 Å². The molecule has 1 aliphatic rings. The lowest BCUT2D eigenvalue weighted by molar-refractivity contribution is -0.118. The van der Waals surface area contributed by atoms with E-state index in [-0.39, 0.29) is 17.7 Å². The van der Waals surface area contributed by atoms with Gasteiger partial charge in [-0.15, -0.1) is 0 Å². The maximum absolute atomic E-state index is 12.2. The van der Waals surface area contributed by atoms with Gasteiger partial charge in [-0.25, -0.2) is 0 Å². The second-order valence-electron chi connectivity index (χ2n) is 5.05. The Balaban J connectivity index is 2.05. The number of phenolic OH excluding ortho intramolecular Hbond substituents is 1. The molecule has 4 heteroatoms. The van der Waals surface area contributed by atoms with Crippen molar-refractivity contribution >= 4 is 11.6 Å². The molecule has 1 fully saturated rings. The van der Waals surface area contributed by atoms with Gasteiger partial charge in [0.25, 0.3) is 0 Å². The first-order valence-electron chi connectivity index (χ1n) is 7.07. The Hall–Kier alpha value is -1.55. The molecule has 0 aliphatic carbocycles. The van der Waals surface area contributed by atoms with Crippen molar-refractivity contribution in [3.63, 3.8) is 0 Å². The molecular formula is C15H22N2O2. The van der Waals surface area contributed by atoms with E-state index in [0.29, 0.717) is 5.69 Å². The second-order valence-corrected chi connectivity index (χ2v) is 5.05. The predicted molar refractivity (Wildman–Crippen MR) is 76.4 cm³/mol. The molecule has 1 unspecified atom stereocenters. The molecule has 1 aliphatic heterocycles. The summed E-state index contributed by atoms with van der Waals surface area (Å²) in [5, 5.41) is 15.9. The van der Waals surface area contributed by atoms with E-state index in [9.17, 15) is 9.90 Å². The molecule has 1 saturated heterocycles. The van der Waals surface area contributed by atoms with E-state index >= 15 is 0 Å². The normalized spacial score (nSPS) is 19.7. The first-order valence-corrected chi connectivity index (χ1v) is 7.07. The Morgan fingerprint density at radius 2 is 2.26 bits per heavy atom. The van der Waals surface area contributed by atoms with Gasteiger partial charge in [0.15, 0.2) is 0 Å². The lowest BCUT2D eigenvalue weighted by Crippen LogP contribution is -2.39. The number of phenols is 1. The quantitative estimate of drug-likeness (QED) is 0.733. The highest BCUT2D eigenvalue weighted by molar-refractivity contribution is 5.96. The Labute approximate surface area is 114 Å². The van der Waals surface area contributed by atoms with E-state index in [4.69, 9.17) is 0 Å². The van der Waals surface area contributed by atoms with Crippen LogP contribution in [0.1, 0.15) is 38.2 Å². The summed E-state index contributed by atoms with van der Waals surface area (Å²) >= 11 is 0. The zero-order chi connectivity index (χ0) is 13.7. The fourth-order valence-electron chi connectivity index (χ4n) is 2.38. The molecule has 0 bridgehead atoms. The molecule has 1 heterocycles. The molecule has 4 nitrogen and oxygen atoms in total. The average molecular weight is 262 g/mol. The monoisotopic (exact) mass is 262 g/mol. The maximum Gasteiger partial charge on any atom is 0.241 e. The highest BCUT2D eigenvalue weighted by Crippen LogP contribution is 2.25. The van der Waals surface area contributed by atoms with Crippen molar-refractivity contribution in [3.05, 3.63) is 23.8 Å². The van der Waals surface area contributed by atoms with Crippen LogP contribution in [0, 0.1) is 0 Å². The van der Waals surface area contributed by atoms with Crippen LogP contribution >= 0.6 is 0 Å². The van der Waals surface area contributed by atoms with Crippen LogP contribution in [-0.2, 0) is 11.2 Å². The van der Waals surface area contributed by atoms with Crippen LogP contribution in [0.4, 0.5) is 5.69 Å². The third-order valence-electron chi connectivity index (χ3n) is 3.60. The number of anilines is 1. The number of hydrogen-bond acceptors (Lipinski definition) is 3. The van der Waals surface area contributed by atoms with Crippen molar-refractivity contribution in [2.75, 3.05) is 11.9 Å². The van der Waals surface area contributed by atoms with Crippen LogP contribution in [0.2, 0.25) is 0 Å². The number of nitrogens with one attached hydrogen (secondary N) is 2. The number of rotatable bonds is 3. The van der Waals surface area contributed by atoms with E-state index in [1.165, 1.54) is 6.42 Å². The largest absolute Gasteiger partial charge is 0.506 e. The van der Waals surface area contributed by atoms with Crippen LogP contribution in [-0.4, -0.2) is 23.6 Å². The molecule has 0 aromatic heterocycles. The summed E-state index contributed by atoms with van der Waals surface area (Å²) in [4.78, 5) is 12.2. The molecule has 0 radical (unpaired) electrons. The standard InChI is InChI=1S/C15H22N2O2/c1-2-11-7-8-14(18)13(10-11)17-15(19)12-6-4-3-5-9-16-12/h7-8,10,12,16,18H,2-6,9H2,1H3,(H,17,19). The highest BCUT2D eigenvalue weighted by atomic mass is 16.3. The van der Waals surface area contributed by atoms with Gasteiger partial charge in [-0.2, -0.15) is 0 Å². The van der Waals surface area contributed by atoms with Gasteiger partial charge in [-0.3, -0.25) is 4.79 Å². The number of aromatic hydroxyl groups is 1. The van der Waals surface area contributed by atoms with Gasteiger partial charge in [-0.1, -0.05) is 25.8 Å². The summed E-state index contributed by atoms with van der Waals surface area (Å²) in [6.07, 6.45) is 5.12. The number of hydrogen-bond donors (Lipinski definition) is 3. The van der Waals surface area contributed by atoms with Crippen molar-refractivity contribution in [1.29, 1.82) is 0 Å².